The minimum atomic E-state index is -1.71. The first kappa shape index (κ1) is 24.7. The average molecular weight is 476 g/mol. The Morgan fingerprint density at radius 2 is 1.47 bits per heavy atom. The molecule has 0 saturated heterocycles. The molecule has 0 unspecified atom stereocenters. The second-order valence-corrected chi connectivity index (χ2v) is 6.42. The van der Waals surface area contributed by atoms with Gasteiger partial charge in [-0.15, -0.1) is 0 Å². The van der Waals surface area contributed by atoms with E-state index in [0.29, 0.717) is 18.2 Å². The van der Waals surface area contributed by atoms with Crippen molar-refractivity contribution in [2.24, 2.45) is 0 Å². The fourth-order valence-corrected chi connectivity index (χ4v) is 2.55. The second kappa shape index (κ2) is 9.72. The fraction of sp³-hybridized carbons (Fsp3) is 0.0625. The normalized spacial score (nSPS) is 10.1. The first-order valence-corrected chi connectivity index (χ1v) is 8.79. The number of nitrogens with zero attached hydrogens (tertiary/aromatic N) is 3. The molecular weight excluding hydrogens is 460 g/mol. The van der Waals surface area contributed by atoms with Crippen molar-refractivity contribution < 1.29 is 24.7 Å². The van der Waals surface area contributed by atoms with E-state index in [1.54, 1.807) is 0 Å². The van der Waals surface area contributed by atoms with E-state index in [1.165, 1.54) is 0 Å². The van der Waals surface area contributed by atoms with Gasteiger partial charge in [-0.05, 0) is 0 Å². The summed E-state index contributed by atoms with van der Waals surface area (Å²) in [7, 11) is 0. The molecule has 18 heteroatoms. The zero-order chi connectivity index (χ0) is 25.7. The average Bonchev–Trinajstić information content (AvgIpc) is 2.72. The van der Waals surface area contributed by atoms with Gasteiger partial charge in [0.2, 0.25) is 11.8 Å². The highest BCUT2D eigenvalue weighted by atomic mass is 16.6. The number of rotatable bonds is 5. The van der Waals surface area contributed by atoms with Gasteiger partial charge in [0, 0.05) is 24.1 Å². The number of hydrogen-bond acceptors (Lipinski definition) is 13. The van der Waals surface area contributed by atoms with Crippen LogP contribution in [0.2, 0.25) is 0 Å². The van der Waals surface area contributed by atoms with Crippen molar-refractivity contribution in [2.75, 3.05) is 22.9 Å². The Morgan fingerprint density at radius 3 is 1.91 bits per heavy atom. The molecule has 0 aliphatic heterocycles. The quantitative estimate of drug-likeness (QED) is 0.159. The largest absolute Gasteiger partial charge is 0.545 e. The molecule has 0 bridgehead atoms. The minimum Gasteiger partial charge on any atom is -0.545 e. The molecule has 2 heterocycles. The SMILES string of the molecule is Nc1nc(N)c(Cc2c(N)[nH+]c(N)[nH]c2=O)c(=O)[nH]1.O=C([O-])c1cc([N+](=O)[O-])cc([N+](=O)[O-])c1. The molecule has 2 aromatic heterocycles. The molecule has 0 radical (unpaired) electrons. The number of aromatic amines is 3. The maximum Gasteiger partial charge on any atom is 0.312 e. The van der Waals surface area contributed by atoms with Crippen molar-refractivity contribution in [3.8, 4) is 0 Å². The van der Waals surface area contributed by atoms with Crippen molar-refractivity contribution in [3.63, 3.8) is 0 Å². The van der Waals surface area contributed by atoms with E-state index >= 15 is 0 Å². The summed E-state index contributed by atoms with van der Waals surface area (Å²) in [6.45, 7) is 0. The van der Waals surface area contributed by atoms with Crippen LogP contribution in [0.1, 0.15) is 21.5 Å². The minimum absolute atomic E-state index is 0.0172. The molecular formula is C16H16N10O8. The van der Waals surface area contributed by atoms with Gasteiger partial charge in [0.05, 0.1) is 33.0 Å². The smallest absolute Gasteiger partial charge is 0.312 e. The number of nitro groups is 2. The summed E-state index contributed by atoms with van der Waals surface area (Å²) in [5, 5.41) is 31.0. The lowest BCUT2D eigenvalue weighted by atomic mass is 10.1. The maximum atomic E-state index is 11.7. The highest BCUT2D eigenvalue weighted by Crippen LogP contribution is 2.22. The van der Waals surface area contributed by atoms with E-state index in [4.69, 9.17) is 22.9 Å². The van der Waals surface area contributed by atoms with Gasteiger partial charge in [0.15, 0.2) is 0 Å². The molecule has 0 atom stereocenters. The number of hydrogen-bond donors (Lipinski definition) is 6. The third-order valence-corrected chi connectivity index (χ3v) is 4.10. The Labute approximate surface area is 186 Å². The van der Waals surface area contributed by atoms with Gasteiger partial charge in [0.25, 0.3) is 16.9 Å². The number of carboxylic acid groups (broad SMARTS) is 1. The number of carboxylic acids is 1. The Kier molecular flexibility index (Phi) is 7.07. The zero-order valence-corrected chi connectivity index (χ0v) is 16.9. The Morgan fingerprint density at radius 1 is 0.941 bits per heavy atom. The summed E-state index contributed by atoms with van der Waals surface area (Å²) < 4.78 is 0. The highest BCUT2D eigenvalue weighted by Gasteiger charge is 2.17. The molecule has 0 saturated carbocycles. The third kappa shape index (κ3) is 5.78. The molecule has 0 aliphatic rings. The van der Waals surface area contributed by atoms with Gasteiger partial charge in [-0.25, -0.2) is 9.97 Å². The molecule has 3 aromatic rings. The molecule has 0 fully saturated rings. The predicted molar refractivity (Wildman–Crippen MR) is 113 cm³/mol. The fourth-order valence-electron chi connectivity index (χ4n) is 2.55. The van der Waals surface area contributed by atoms with Gasteiger partial charge in [-0.2, -0.15) is 4.98 Å². The maximum absolute atomic E-state index is 11.7. The lowest BCUT2D eigenvalue weighted by Gasteiger charge is -2.05. The molecule has 1 aromatic carbocycles. The summed E-state index contributed by atoms with van der Waals surface area (Å²) in [5.74, 6) is -1.80. The van der Waals surface area contributed by atoms with E-state index in [0.717, 1.165) is 0 Å². The van der Waals surface area contributed by atoms with Gasteiger partial charge in [0.1, 0.15) is 5.82 Å². The number of H-pyrrole nitrogens is 3. The first-order valence-electron chi connectivity index (χ1n) is 8.79. The number of nitro benzene ring substituents is 2. The Hall–Kier alpha value is -5.55. The van der Waals surface area contributed by atoms with Gasteiger partial charge < -0.3 is 32.8 Å². The number of carbonyl (C=O) groups is 1. The van der Waals surface area contributed by atoms with Crippen LogP contribution < -0.4 is 44.1 Å². The standard InChI is InChI=1S/C9H12N8O2.C7H4N2O6/c10-4-2(6(18)16-8(12)14-4)1-3-5(11)15-9(13)17-7(3)19;10-7(11)4-1-5(8(12)13)3-6(2-4)9(14)15/h1H2,(H5,10,12,14,16,18)(H5,11,13,15,17,19);1-3H,(H,10,11). The number of aromatic nitrogens is 4. The van der Waals surface area contributed by atoms with Crippen molar-refractivity contribution in [3.05, 3.63) is 75.8 Å². The van der Waals surface area contributed by atoms with Crippen molar-refractivity contribution >= 4 is 40.9 Å². The topological polar surface area (TPSA) is 323 Å². The Balaban J connectivity index is 0.000000248. The third-order valence-electron chi connectivity index (χ3n) is 4.10. The van der Waals surface area contributed by atoms with E-state index in [-0.39, 0.29) is 41.1 Å². The van der Waals surface area contributed by atoms with Crippen LogP contribution in [0.4, 0.5) is 34.9 Å². The zero-order valence-electron chi connectivity index (χ0n) is 16.9. The highest BCUT2D eigenvalue weighted by molar-refractivity contribution is 5.87. The lowest BCUT2D eigenvalue weighted by molar-refractivity contribution is -0.394. The van der Waals surface area contributed by atoms with Crippen molar-refractivity contribution in [1.82, 2.24) is 15.0 Å². The number of nitrogens with one attached hydrogen (secondary N) is 3. The molecule has 178 valence electrons. The number of benzene rings is 1. The number of non-ortho nitro benzene ring substituents is 2. The van der Waals surface area contributed by atoms with Crippen molar-refractivity contribution in [1.29, 1.82) is 0 Å². The van der Waals surface area contributed by atoms with Crippen LogP contribution in [0.15, 0.2) is 27.8 Å². The summed E-state index contributed by atoms with van der Waals surface area (Å²) in [4.78, 5) is 63.5. The van der Waals surface area contributed by atoms with Crippen LogP contribution in [0.5, 0.6) is 0 Å². The number of anilines is 4. The number of aromatic carboxylic acids is 1. The monoisotopic (exact) mass is 476 g/mol. The van der Waals surface area contributed by atoms with Crippen LogP contribution >= 0.6 is 0 Å². The van der Waals surface area contributed by atoms with Crippen molar-refractivity contribution in [2.45, 2.75) is 6.42 Å². The molecule has 34 heavy (non-hydrogen) atoms. The van der Waals surface area contributed by atoms with Crippen LogP contribution in [0, 0.1) is 20.2 Å². The predicted octanol–water partition coefficient (Wildman–Crippen LogP) is -2.94. The summed E-state index contributed by atoms with van der Waals surface area (Å²) in [6, 6.07) is 2.07. The molecule has 18 nitrogen and oxygen atoms in total. The molecule has 0 aliphatic carbocycles. The summed E-state index contributed by atoms with van der Waals surface area (Å²) in [5.41, 5.74) is 19.2. The lowest BCUT2D eigenvalue weighted by Crippen LogP contribution is -2.30. The number of carbonyl (C=O) groups excluding carboxylic acids is 1. The van der Waals surface area contributed by atoms with Crippen LogP contribution in [-0.4, -0.2) is 30.8 Å². The summed E-state index contributed by atoms with van der Waals surface area (Å²) in [6.07, 6.45) is -0.0909. The summed E-state index contributed by atoms with van der Waals surface area (Å²) >= 11 is 0. The molecule has 11 N–H and O–H groups in total. The van der Waals surface area contributed by atoms with Gasteiger partial charge >= 0.3 is 11.5 Å². The molecule has 0 spiro atoms. The number of nitrogen functional groups attached to an aromatic ring is 4. The molecule has 3 rings (SSSR count). The van der Waals surface area contributed by atoms with E-state index < -0.39 is 43.9 Å². The van der Waals surface area contributed by atoms with Crippen LogP contribution in [0.25, 0.3) is 0 Å². The van der Waals surface area contributed by atoms with E-state index in [1.807, 2.05) is 0 Å². The van der Waals surface area contributed by atoms with Gasteiger partial charge in [-0.3, -0.25) is 34.8 Å². The molecule has 0 amide bonds. The second-order valence-electron chi connectivity index (χ2n) is 6.42. The van der Waals surface area contributed by atoms with E-state index in [2.05, 4.69) is 19.9 Å². The number of nitrogens with two attached hydrogens (primary N) is 4. The van der Waals surface area contributed by atoms with Gasteiger partial charge in [-0.1, -0.05) is 0 Å². The van der Waals surface area contributed by atoms with Crippen LogP contribution in [0.3, 0.4) is 0 Å². The Bertz CT molecular complexity index is 1270. The van der Waals surface area contributed by atoms with Crippen LogP contribution in [-0.2, 0) is 6.42 Å². The first-order chi connectivity index (χ1) is 15.8. The van der Waals surface area contributed by atoms with E-state index in [9.17, 15) is 39.7 Å².